The molecular formula is C12H25ClP+. The number of hydrogen-bond acceptors (Lipinski definition) is 0. The zero-order valence-electron chi connectivity index (χ0n) is 10.9. The first-order valence-corrected chi connectivity index (χ1v) is 8.19. The van der Waals surface area contributed by atoms with Crippen molar-refractivity contribution in [2.24, 2.45) is 5.92 Å². The molecule has 84 valence electrons. The van der Waals surface area contributed by atoms with Crippen LogP contribution in [0.1, 0.15) is 55.4 Å². The summed E-state index contributed by atoms with van der Waals surface area (Å²) in [6.07, 6.45) is 0. The van der Waals surface area contributed by atoms with Crippen LogP contribution in [-0.2, 0) is 0 Å². The highest BCUT2D eigenvalue weighted by molar-refractivity contribution is 8.03. The smallest absolute Gasteiger partial charge is 0.0543 e. The van der Waals surface area contributed by atoms with Crippen molar-refractivity contribution in [2.45, 2.75) is 70.9 Å². The van der Waals surface area contributed by atoms with Crippen molar-refractivity contribution in [1.82, 2.24) is 0 Å². The van der Waals surface area contributed by atoms with Gasteiger partial charge in [-0.1, -0.05) is 6.92 Å². The van der Waals surface area contributed by atoms with Gasteiger partial charge in [0.2, 0.25) is 0 Å². The van der Waals surface area contributed by atoms with Gasteiger partial charge in [0.25, 0.3) is 0 Å². The van der Waals surface area contributed by atoms with Crippen LogP contribution in [0.2, 0.25) is 0 Å². The third kappa shape index (κ3) is 1.11. The summed E-state index contributed by atoms with van der Waals surface area (Å²) in [7, 11) is 0. The Morgan fingerprint density at radius 2 is 1.29 bits per heavy atom. The van der Waals surface area contributed by atoms with E-state index in [9.17, 15) is 0 Å². The Hall–Kier alpha value is 0.720. The maximum absolute atomic E-state index is 7.07. The summed E-state index contributed by atoms with van der Waals surface area (Å²) in [4.78, 5) is 0. The summed E-state index contributed by atoms with van der Waals surface area (Å²) in [5.74, 6) is 0.722. The predicted molar refractivity (Wildman–Crippen MR) is 69.8 cm³/mol. The van der Waals surface area contributed by atoms with Crippen LogP contribution >= 0.6 is 17.9 Å². The maximum Gasteiger partial charge on any atom is 0.130 e. The Kier molecular flexibility index (Phi) is 2.64. The monoisotopic (exact) mass is 235 g/mol. The van der Waals surface area contributed by atoms with E-state index in [1.54, 1.807) is 0 Å². The fourth-order valence-electron chi connectivity index (χ4n) is 3.80. The van der Waals surface area contributed by atoms with Crippen molar-refractivity contribution in [3.8, 4) is 0 Å². The van der Waals surface area contributed by atoms with E-state index >= 15 is 0 Å². The molecule has 2 heteroatoms. The highest BCUT2D eigenvalue weighted by atomic mass is 35.7. The predicted octanol–water partition coefficient (Wildman–Crippen LogP) is 5.16. The lowest BCUT2D eigenvalue weighted by Gasteiger charge is -2.65. The first-order valence-electron chi connectivity index (χ1n) is 5.49. The molecule has 1 saturated heterocycles. The van der Waals surface area contributed by atoms with E-state index < -0.39 is 6.62 Å². The zero-order chi connectivity index (χ0) is 11.6. The van der Waals surface area contributed by atoms with Crippen LogP contribution in [0.25, 0.3) is 0 Å². The molecule has 0 N–H and O–H groups in total. The van der Waals surface area contributed by atoms with Crippen molar-refractivity contribution in [3.05, 3.63) is 0 Å². The summed E-state index contributed by atoms with van der Waals surface area (Å²) >= 11 is 7.07. The molecular weight excluding hydrogens is 211 g/mol. The first-order chi connectivity index (χ1) is 5.90. The van der Waals surface area contributed by atoms with E-state index in [-0.39, 0.29) is 5.16 Å². The molecule has 0 spiro atoms. The Balaban J connectivity index is 3.23. The van der Waals surface area contributed by atoms with Gasteiger partial charge in [-0.3, -0.25) is 0 Å². The Bertz CT molecular complexity index is 232. The highest BCUT2D eigenvalue weighted by Gasteiger charge is 2.81. The summed E-state index contributed by atoms with van der Waals surface area (Å²) in [6, 6.07) is 0. The molecule has 0 aromatic carbocycles. The van der Waals surface area contributed by atoms with E-state index in [4.69, 9.17) is 11.2 Å². The van der Waals surface area contributed by atoms with Gasteiger partial charge < -0.3 is 0 Å². The van der Waals surface area contributed by atoms with Crippen LogP contribution in [0, 0.1) is 5.92 Å². The average molecular weight is 236 g/mol. The normalized spacial score (nSPS) is 40.5. The summed E-state index contributed by atoms with van der Waals surface area (Å²) in [5, 5.41) is 0.917. The third-order valence-electron chi connectivity index (χ3n) is 4.63. The van der Waals surface area contributed by atoms with E-state index in [0.29, 0.717) is 10.3 Å². The lowest BCUT2D eigenvalue weighted by molar-refractivity contribution is 0.289. The van der Waals surface area contributed by atoms with Gasteiger partial charge in [-0.15, -0.1) is 0 Å². The lowest BCUT2D eigenvalue weighted by atomic mass is 9.83. The van der Waals surface area contributed by atoms with Gasteiger partial charge in [0.05, 0.1) is 26.7 Å². The van der Waals surface area contributed by atoms with Gasteiger partial charge in [-0.2, -0.15) is 0 Å². The molecule has 0 saturated carbocycles. The van der Waals surface area contributed by atoms with Crippen molar-refractivity contribution in [1.29, 1.82) is 0 Å². The van der Waals surface area contributed by atoms with E-state index in [1.807, 2.05) is 0 Å². The van der Waals surface area contributed by atoms with Gasteiger partial charge >= 0.3 is 0 Å². The zero-order valence-corrected chi connectivity index (χ0v) is 12.6. The quantitative estimate of drug-likeness (QED) is 0.509. The Morgan fingerprint density at radius 1 is 1.00 bits per heavy atom. The number of rotatable bonds is 0. The van der Waals surface area contributed by atoms with Crippen molar-refractivity contribution < 1.29 is 0 Å². The van der Waals surface area contributed by atoms with Crippen molar-refractivity contribution in [2.75, 3.05) is 0 Å². The largest absolute Gasteiger partial charge is 0.130 e. The lowest BCUT2D eigenvalue weighted by Crippen LogP contribution is -2.63. The van der Waals surface area contributed by atoms with Crippen molar-refractivity contribution in [3.63, 3.8) is 0 Å². The SMILES string of the molecule is CC1C(C)(C)[P+](Cl)(C(C)(C)C)C1(C)C. The second kappa shape index (κ2) is 2.89. The standard InChI is InChI=1S/C12H25ClP/c1-9-11(5,6)14(13,10(2,3)4)12(9,7)8/h9H,1-8H3/q+1. The molecule has 0 aliphatic carbocycles. The maximum atomic E-state index is 7.07. The topological polar surface area (TPSA) is 0 Å². The molecule has 1 fully saturated rings. The third-order valence-corrected chi connectivity index (χ3v) is 14.6. The van der Waals surface area contributed by atoms with Gasteiger partial charge in [0.15, 0.2) is 0 Å². The van der Waals surface area contributed by atoms with Crippen LogP contribution in [-0.4, -0.2) is 15.5 Å². The molecule has 0 unspecified atom stereocenters. The molecule has 0 radical (unpaired) electrons. The first kappa shape index (κ1) is 12.8. The van der Waals surface area contributed by atoms with Crippen LogP contribution < -0.4 is 0 Å². The molecule has 1 aliphatic heterocycles. The molecule has 0 bridgehead atoms. The molecule has 1 heterocycles. The van der Waals surface area contributed by atoms with Gasteiger partial charge in [0, 0.05) is 5.92 Å². The number of halogens is 1. The van der Waals surface area contributed by atoms with E-state index in [2.05, 4.69) is 55.4 Å². The van der Waals surface area contributed by atoms with Gasteiger partial charge in [0.1, 0.15) is 6.62 Å². The second-order valence-corrected chi connectivity index (χ2v) is 13.1. The average Bonchev–Trinajstić information content (AvgIpc) is 1.98. The van der Waals surface area contributed by atoms with Crippen LogP contribution in [0.3, 0.4) is 0 Å². The Labute approximate surface area is 94.9 Å². The van der Waals surface area contributed by atoms with E-state index in [1.165, 1.54) is 0 Å². The minimum atomic E-state index is -1.42. The molecule has 0 amide bonds. The summed E-state index contributed by atoms with van der Waals surface area (Å²) in [6.45, 7) is 17.3. The minimum absolute atomic E-state index is 0.258. The summed E-state index contributed by atoms with van der Waals surface area (Å²) in [5.41, 5.74) is 0. The highest BCUT2D eigenvalue weighted by Crippen LogP contribution is 2.97. The van der Waals surface area contributed by atoms with E-state index in [0.717, 1.165) is 5.92 Å². The van der Waals surface area contributed by atoms with Crippen LogP contribution in [0.4, 0.5) is 0 Å². The molecule has 14 heavy (non-hydrogen) atoms. The molecule has 0 nitrogen and oxygen atoms in total. The van der Waals surface area contributed by atoms with Gasteiger partial charge in [-0.05, 0) is 48.5 Å². The molecule has 0 aromatic rings. The fraction of sp³-hybridized carbons (Fsp3) is 1.00. The molecule has 1 aliphatic rings. The second-order valence-electron chi connectivity index (χ2n) is 6.79. The molecule has 0 atom stereocenters. The minimum Gasteiger partial charge on any atom is -0.0543 e. The molecule has 1 rings (SSSR count). The fourth-order valence-corrected chi connectivity index (χ4v) is 11.1. The van der Waals surface area contributed by atoms with Crippen molar-refractivity contribution >= 4 is 17.9 Å². The number of hydrogen-bond donors (Lipinski definition) is 0. The Morgan fingerprint density at radius 3 is 1.43 bits per heavy atom. The molecule has 0 aromatic heterocycles. The van der Waals surface area contributed by atoms with Crippen LogP contribution in [0.15, 0.2) is 0 Å². The van der Waals surface area contributed by atoms with Crippen LogP contribution in [0.5, 0.6) is 0 Å². The van der Waals surface area contributed by atoms with Gasteiger partial charge in [-0.25, -0.2) is 0 Å². The summed E-state index contributed by atoms with van der Waals surface area (Å²) < 4.78 is 0.